The molecule has 17 heavy (non-hydrogen) atoms. The van der Waals surface area contributed by atoms with E-state index in [1.54, 1.807) is 18.2 Å². The maximum absolute atomic E-state index is 9.68. The molecule has 1 aromatic carbocycles. The molecule has 1 saturated heterocycles. The number of aliphatic imine (C=N–C) groups is 1. The van der Waals surface area contributed by atoms with Gasteiger partial charge in [-0.15, -0.1) is 0 Å². The van der Waals surface area contributed by atoms with E-state index in [0.717, 1.165) is 25.9 Å². The largest absolute Gasteiger partial charge is 0.507 e. The van der Waals surface area contributed by atoms with Gasteiger partial charge in [0.2, 0.25) is 0 Å². The van der Waals surface area contributed by atoms with Crippen LogP contribution in [0, 0.1) is 0 Å². The summed E-state index contributed by atoms with van der Waals surface area (Å²) in [5.41, 5.74) is 6.57. The van der Waals surface area contributed by atoms with Crippen LogP contribution in [0.15, 0.2) is 29.3 Å². The third-order valence-electron chi connectivity index (χ3n) is 3.19. The molecule has 92 valence electrons. The van der Waals surface area contributed by atoms with Crippen molar-refractivity contribution in [2.45, 2.75) is 18.9 Å². The molecule has 4 heteroatoms. The highest BCUT2D eigenvalue weighted by Crippen LogP contribution is 2.17. The fraction of sp³-hybridized carbons (Fsp3) is 0.462. The van der Waals surface area contributed by atoms with E-state index >= 15 is 0 Å². The van der Waals surface area contributed by atoms with Crippen molar-refractivity contribution in [2.75, 3.05) is 20.1 Å². The van der Waals surface area contributed by atoms with E-state index in [9.17, 15) is 5.11 Å². The smallest absolute Gasteiger partial charge is 0.129 e. The Balaban J connectivity index is 2.09. The predicted molar refractivity (Wildman–Crippen MR) is 69.4 cm³/mol. The van der Waals surface area contributed by atoms with Gasteiger partial charge in [0.25, 0.3) is 0 Å². The second-order valence-corrected chi connectivity index (χ2v) is 4.57. The van der Waals surface area contributed by atoms with Crippen LogP contribution in [-0.2, 0) is 0 Å². The molecule has 1 aliphatic heterocycles. The zero-order valence-corrected chi connectivity index (χ0v) is 10.1. The molecule has 0 saturated carbocycles. The van der Waals surface area contributed by atoms with Crippen LogP contribution in [0.4, 0.5) is 0 Å². The number of nitrogens with zero attached hydrogens (tertiary/aromatic N) is 2. The van der Waals surface area contributed by atoms with Crippen molar-refractivity contribution in [2.24, 2.45) is 10.7 Å². The molecule has 0 unspecified atom stereocenters. The molecular weight excluding hydrogens is 214 g/mol. The van der Waals surface area contributed by atoms with Crippen LogP contribution < -0.4 is 5.73 Å². The van der Waals surface area contributed by atoms with Crippen LogP contribution in [0.5, 0.6) is 5.75 Å². The summed E-state index contributed by atoms with van der Waals surface area (Å²) in [5.74, 6) is 0.638. The van der Waals surface area contributed by atoms with Gasteiger partial charge in [-0.25, -0.2) is 0 Å². The Bertz CT molecular complexity index is 409. The molecule has 0 atom stereocenters. The van der Waals surface area contributed by atoms with Gasteiger partial charge in [-0.2, -0.15) is 0 Å². The molecule has 0 amide bonds. The average molecular weight is 233 g/mol. The zero-order chi connectivity index (χ0) is 12.3. The minimum absolute atomic E-state index is 0.196. The number of amidine groups is 1. The molecular formula is C13H19N3O. The molecule has 1 fully saturated rings. The van der Waals surface area contributed by atoms with Gasteiger partial charge < -0.3 is 15.7 Å². The first-order chi connectivity index (χ1) is 8.16. The lowest BCUT2D eigenvalue weighted by molar-refractivity contribution is 0.257. The minimum atomic E-state index is 0.196. The topological polar surface area (TPSA) is 61.8 Å². The number of piperidine rings is 1. The molecule has 0 aliphatic carbocycles. The Morgan fingerprint density at radius 3 is 2.65 bits per heavy atom. The summed E-state index contributed by atoms with van der Waals surface area (Å²) >= 11 is 0. The summed E-state index contributed by atoms with van der Waals surface area (Å²) < 4.78 is 0. The van der Waals surface area contributed by atoms with Gasteiger partial charge >= 0.3 is 0 Å². The number of nitrogens with two attached hydrogens (primary N) is 1. The van der Waals surface area contributed by atoms with E-state index in [1.807, 2.05) is 6.07 Å². The summed E-state index contributed by atoms with van der Waals surface area (Å²) in [7, 11) is 2.12. The maximum atomic E-state index is 9.68. The van der Waals surface area contributed by atoms with E-state index in [1.165, 1.54) is 0 Å². The number of hydrogen-bond acceptors (Lipinski definition) is 3. The van der Waals surface area contributed by atoms with Crippen LogP contribution in [0.25, 0.3) is 0 Å². The molecule has 0 spiro atoms. The van der Waals surface area contributed by atoms with E-state index < -0.39 is 0 Å². The second-order valence-electron chi connectivity index (χ2n) is 4.57. The number of phenolic OH excluding ortho intramolecular Hbond substituents is 1. The predicted octanol–water partition coefficient (Wildman–Crippen LogP) is 1.19. The average Bonchev–Trinajstić information content (AvgIpc) is 2.32. The quantitative estimate of drug-likeness (QED) is 0.596. The second kappa shape index (κ2) is 5.19. The molecule has 4 nitrogen and oxygen atoms in total. The van der Waals surface area contributed by atoms with E-state index in [4.69, 9.17) is 5.73 Å². The number of rotatable bonds is 2. The monoisotopic (exact) mass is 233 g/mol. The fourth-order valence-electron chi connectivity index (χ4n) is 2.08. The highest BCUT2D eigenvalue weighted by Gasteiger charge is 2.16. The zero-order valence-electron chi connectivity index (χ0n) is 10.1. The normalized spacial score (nSPS) is 19.5. The summed E-state index contributed by atoms with van der Waals surface area (Å²) in [5, 5.41) is 9.68. The number of likely N-dealkylation sites (tertiary alicyclic amines) is 1. The number of benzene rings is 1. The lowest BCUT2D eigenvalue weighted by atomic mass is 10.1. The summed E-state index contributed by atoms with van der Waals surface area (Å²) in [6, 6.07) is 7.34. The van der Waals surface area contributed by atoms with E-state index in [2.05, 4.69) is 16.9 Å². The Hall–Kier alpha value is -1.55. The Kier molecular flexibility index (Phi) is 3.64. The molecule has 0 aromatic heterocycles. The van der Waals surface area contributed by atoms with Crippen LogP contribution in [0.3, 0.4) is 0 Å². The van der Waals surface area contributed by atoms with Crippen molar-refractivity contribution in [1.82, 2.24) is 4.90 Å². The molecule has 0 radical (unpaired) electrons. The van der Waals surface area contributed by atoms with Crippen LogP contribution in [-0.4, -0.2) is 42.0 Å². The molecule has 1 aromatic rings. The van der Waals surface area contributed by atoms with Crippen LogP contribution >= 0.6 is 0 Å². The first-order valence-electron chi connectivity index (χ1n) is 5.97. The van der Waals surface area contributed by atoms with Crippen molar-refractivity contribution >= 4 is 5.84 Å². The minimum Gasteiger partial charge on any atom is -0.507 e. The first-order valence-corrected chi connectivity index (χ1v) is 5.97. The summed E-state index contributed by atoms with van der Waals surface area (Å²) in [6.07, 6.45) is 2.07. The third kappa shape index (κ3) is 2.97. The Morgan fingerprint density at radius 2 is 2.00 bits per heavy atom. The van der Waals surface area contributed by atoms with Gasteiger partial charge in [-0.1, -0.05) is 12.1 Å². The van der Waals surface area contributed by atoms with E-state index in [-0.39, 0.29) is 11.8 Å². The number of aromatic hydroxyl groups is 1. The lowest BCUT2D eigenvalue weighted by Crippen LogP contribution is -2.33. The Labute approximate surface area is 102 Å². The standard InChI is InChI=1S/C13H19N3O/c1-16-8-6-10(7-9-16)15-13(14)11-4-2-3-5-12(11)17/h2-5,10,17H,6-9H2,1H3,(H2,14,15). The van der Waals surface area contributed by atoms with Gasteiger partial charge in [-0.05, 0) is 45.1 Å². The number of para-hydroxylation sites is 1. The fourth-order valence-corrected chi connectivity index (χ4v) is 2.08. The maximum Gasteiger partial charge on any atom is 0.129 e. The summed E-state index contributed by atoms with van der Waals surface area (Å²) in [4.78, 5) is 6.80. The van der Waals surface area contributed by atoms with Crippen molar-refractivity contribution in [3.63, 3.8) is 0 Å². The molecule has 0 bridgehead atoms. The van der Waals surface area contributed by atoms with Gasteiger partial charge in [0.1, 0.15) is 11.6 Å². The SMILES string of the molecule is CN1CCC(N=C(N)c2ccccc2O)CC1. The van der Waals surface area contributed by atoms with Gasteiger partial charge in [0, 0.05) is 0 Å². The lowest BCUT2D eigenvalue weighted by Gasteiger charge is -2.26. The van der Waals surface area contributed by atoms with Crippen LogP contribution in [0.2, 0.25) is 0 Å². The molecule has 1 aliphatic rings. The van der Waals surface area contributed by atoms with Crippen LogP contribution in [0.1, 0.15) is 18.4 Å². The van der Waals surface area contributed by atoms with Crippen molar-refractivity contribution in [1.29, 1.82) is 0 Å². The van der Waals surface area contributed by atoms with Gasteiger partial charge in [0.15, 0.2) is 0 Å². The molecule has 3 N–H and O–H groups in total. The number of phenols is 1. The number of hydrogen-bond donors (Lipinski definition) is 2. The molecule has 1 heterocycles. The van der Waals surface area contributed by atoms with Gasteiger partial charge in [0.05, 0.1) is 11.6 Å². The van der Waals surface area contributed by atoms with Crippen molar-refractivity contribution < 1.29 is 5.11 Å². The highest BCUT2D eigenvalue weighted by molar-refractivity contribution is 5.99. The summed E-state index contributed by atoms with van der Waals surface area (Å²) in [6.45, 7) is 2.12. The molecule has 2 rings (SSSR count). The highest BCUT2D eigenvalue weighted by atomic mass is 16.3. The van der Waals surface area contributed by atoms with Crippen molar-refractivity contribution in [3.05, 3.63) is 29.8 Å². The Morgan fingerprint density at radius 1 is 1.35 bits per heavy atom. The third-order valence-corrected chi connectivity index (χ3v) is 3.19. The van der Waals surface area contributed by atoms with E-state index in [0.29, 0.717) is 11.4 Å². The van der Waals surface area contributed by atoms with Gasteiger partial charge in [-0.3, -0.25) is 4.99 Å². The van der Waals surface area contributed by atoms with Crippen molar-refractivity contribution in [3.8, 4) is 5.75 Å². The first kappa shape index (κ1) is 11.9.